The summed E-state index contributed by atoms with van der Waals surface area (Å²) in [6.45, 7) is 0.249. The third-order valence-electron chi connectivity index (χ3n) is 11.2. The summed E-state index contributed by atoms with van der Waals surface area (Å²) in [5.41, 5.74) is 22.8. The Morgan fingerprint density at radius 1 is 0.518 bits per heavy atom. The van der Waals surface area contributed by atoms with E-state index >= 15 is 0 Å². The van der Waals surface area contributed by atoms with Gasteiger partial charge in [0.15, 0.2) is 0 Å². The van der Waals surface area contributed by atoms with Crippen molar-refractivity contribution in [3.8, 4) is 22.5 Å². The molecule has 0 spiro atoms. The summed E-state index contributed by atoms with van der Waals surface area (Å²) >= 11 is 0. The molecule has 2 heterocycles. The normalized spacial score (nSPS) is 13.2. The van der Waals surface area contributed by atoms with Crippen LogP contribution in [0, 0.1) is 0 Å². The van der Waals surface area contributed by atoms with E-state index in [1.165, 1.54) is 71.9 Å². The summed E-state index contributed by atoms with van der Waals surface area (Å²) in [6.07, 6.45) is 8.25. The van der Waals surface area contributed by atoms with Gasteiger partial charge in [0.05, 0.1) is 23.2 Å². The van der Waals surface area contributed by atoms with E-state index in [1.807, 2.05) is 6.21 Å². The number of nitrogens with two attached hydrogens (primary N) is 1. The van der Waals surface area contributed by atoms with Crippen LogP contribution in [0.5, 0.6) is 0 Å². The average Bonchev–Trinajstić information content (AvgIpc) is 3.78. The summed E-state index contributed by atoms with van der Waals surface area (Å²) in [5.74, 6) is 0. The molecule has 0 amide bonds. The molecule has 0 atom stereocenters. The summed E-state index contributed by atoms with van der Waals surface area (Å²) in [6, 6.07) is 63.5. The van der Waals surface area contributed by atoms with Crippen molar-refractivity contribution in [2.75, 3.05) is 6.67 Å². The number of para-hydroxylation sites is 3. The number of hydrogen-bond donors (Lipinski definition) is 1. The average molecular weight is 721 g/mol. The number of hydrogen-bond acceptors (Lipinski definition) is 2. The fourth-order valence-corrected chi connectivity index (χ4v) is 8.61. The first kappa shape index (κ1) is 33.6. The molecule has 0 saturated carbocycles. The van der Waals surface area contributed by atoms with Gasteiger partial charge in [0, 0.05) is 45.0 Å². The molecule has 0 unspecified atom stereocenters. The summed E-state index contributed by atoms with van der Waals surface area (Å²) in [4.78, 5) is 4.34. The quantitative estimate of drug-likeness (QED) is 0.156. The van der Waals surface area contributed by atoms with Gasteiger partial charge in [-0.15, -0.1) is 0 Å². The Kier molecular flexibility index (Phi) is 8.59. The van der Waals surface area contributed by atoms with Crippen LogP contribution < -0.4 is 5.73 Å². The van der Waals surface area contributed by atoms with E-state index in [0.29, 0.717) is 0 Å². The van der Waals surface area contributed by atoms with Gasteiger partial charge in [-0.2, -0.15) is 0 Å². The monoisotopic (exact) mass is 720 g/mol. The highest BCUT2D eigenvalue weighted by atomic mass is 15.0. The van der Waals surface area contributed by atoms with Crippen LogP contribution in [0.2, 0.25) is 0 Å². The van der Waals surface area contributed by atoms with Gasteiger partial charge in [0.1, 0.15) is 0 Å². The van der Waals surface area contributed by atoms with Gasteiger partial charge in [-0.1, -0.05) is 127 Å². The highest BCUT2D eigenvalue weighted by molar-refractivity contribution is 6.10. The number of benzene rings is 7. The van der Waals surface area contributed by atoms with Crippen LogP contribution >= 0.6 is 0 Å². The Hall–Kier alpha value is -7.01. The fourth-order valence-electron chi connectivity index (χ4n) is 8.61. The molecule has 2 N–H and O–H groups in total. The molecule has 0 bridgehead atoms. The van der Waals surface area contributed by atoms with Gasteiger partial charge in [-0.25, -0.2) is 0 Å². The smallest absolute Gasteiger partial charge is 0.0859 e. The molecule has 0 fully saturated rings. The second-order valence-corrected chi connectivity index (χ2v) is 14.4. The van der Waals surface area contributed by atoms with Crippen molar-refractivity contribution in [3.63, 3.8) is 0 Å². The zero-order chi connectivity index (χ0) is 37.4. The van der Waals surface area contributed by atoms with Gasteiger partial charge >= 0.3 is 0 Å². The van der Waals surface area contributed by atoms with Crippen LogP contribution in [-0.2, 0) is 6.42 Å². The first-order valence-electron chi connectivity index (χ1n) is 19.3. The van der Waals surface area contributed by atoms with Gasteiger partial charge in [0.2, 0.25) is 0 Å². The minimum absolute atomic E-state index is 0.249. The lowest BCUT2D eigenvalue weighted by atomic mass is 9.90. The maximum atomic E-state index is 5.76. The van der Waals surface area contributed by atoms with Crippen molar-refractivity contribution in [2.24, 2.45) is 10.7 Å². The van der Waals surface area contributed by atoms with E-state index in [9.17, 15) is 0 Å². The molecule has 4 heteroatoms. The standard InChI is InChI=1S/C52H40N4/c53-35-54-31-30-44(38-24-22-37(23-25-38)36-12-3-1-4-13-36)41-14-11-17-43(32-41)56-50-21-10-8-19-46(50)48-34-40(27-29-52(48)56)39-26-28-51-47(33-39)45-18-7-9-20-49(45)55(51)42-15-5-2-6-16-42/h1-26,28,30-34H,27,29,35,53H2/b44-30-,54-31-. The molecular formula is C52H40N4. The van der Waals surface area contributed by atoms with Crippen LogP contribution in [-0.4, -0.2) is 22.0 Å². The molecule has 268 valence electrons. The van der Waals surface area contributed by atoms with Crippen molar-refractivity contribution in [1.29, 1.82) is 0 Å². The van der Waals surface area contributed by atoms with Crippen molar-refractivity contribution in [2.45, 2.75) is 12.8 Å². The maximum absolute atomic E-state index is 5.76. The predicted octanol–water partition coefficient (Wildman–Crippen LogP) is 12.3. The Bertz CT molecular complexity index is 2980. The molecule has 56 heavy (non-hydrogen) atoms. The van der Waals surface area contributed by atoms with Crippen LogP contribution in [0.25, 0.3) is 72.4 Å². The van der Waals surface area contributed by atoms with E-state index in [4.69, 9.17) is 5.73 Å². The van der Waals surface area contributed by atoms with Crippen LogP contribution in [0.1, 0.15) is 34.4 Å². The number of nitrogens with zero attached hydrogens (tertiary/aromatic N) is 3. The minimum Gasteiger partial charge on any atom is -0.313 e. The van der Waals surface area contributed by atoms with E-state index in [0.717, 1.165) is 35.2 Å². The SMILES string of the molecule is NC/N=C\C=C(\c1ccc(-c2ccccc2)cc1)c1cccc(-n2c3c(c4ccccc42)C=C(c2ccc4c(c2)c2ccccc2n4-c2ccccc2)CC3)c1. The van der Waals surface area contributed by atoms with Gasteiger partial charge in [-0.3, -0.25) is 4.99 Å². The molecule has 10 rings (SSSR count). The number of fused-ring (bicyclic) bond motifs is 6. The lowest BCUT2D eigenvalue weighted by molar-refractivity contribution is 0.898. The maximum Gasteiger partial charge on any atom is 0.0859 e. The Balaban J connectivity index is 1.06. The number of aliphatic imine (C=N–C) groups is 1. The van der Waals surface area contributed by atoms with Crippen LogP contribution in [0.4, 0.5) is 0 Å². The molecule has 1 aliphatic carbocycles. The molecule has 4 nitrogen and oxygen atoms in total. The zero-order valence-electron chi connectivity index (χ0n) is 31.0. The molecule has 0 aliphatic heterocycles. The molecule has 1 aliphatic rings. The van der Waals surface area contributed by atoms with Crippen molar-refractivity contribution in [3.05, 3.63) is 210 Å². The van der Waals surface area contributed by atoms with Gasteiger partial charge < -0.3 is 14.9 Å². The van der Waals surface area contributed by atoms with E-state index in [-0.39, 0.29) is 6.67 Å². The van der Waals surface area contributed by atoms with Gasteiger partial charge in [-0.05, 0) is 112 Å². The Morgan fingerprint density at radius 2 is 1.16 bits per heavy atom. The van der Waals surface area contributed by atoms with E-state index < -0.39 is 0 Å². The summed E-state index contributed by atoms with van der Waals surface area (Å²) in [7, 11) is 0. The molecule has 2 aromatic heterocycles. The fraction of sp³-hybridized carbons (Fsp3) is 0.0577. The van der Waals surface area contributed by atoms with E-state index in [2.05, 4.69) is 202 Å². The molecule has 0 saturated heterocycles. The molecule has 9 aromatic rings. The van der Waals surface area contributed by atoms with Gasteiger partial charge in [0.25, 0.3) is 0 Å². The largest absolute Gasteiger partial charge is 0.313 e. The lowest BCUT2D eigenvalue weighted by Gasteiger charge is -2.19. The van der Waals surface area contributed by atoms with Crippen molar-refractivity contribution in [1.82, 2.24) is 9.13 Å². The zero-order valence-corrected chi connectivity index (χ0v) is 31.0. The van der Waals surface area contributed by atoms with Crippen molar-refractivity contribution < 1.29 is 0 Å². The van der Waals surface area contributed by atoms with Crippen molar-refractivity contribution >= 4 is 56.1 Å². The molecular weight excluding hydrogens is 681 g/mol. The third-order valence-corrected chi connectivity index (χ3v) is 11.2. The second kappa shape index (κ2) is 14.3. The predicted molar refractivity (Wildman–Crippen MR) is 237 cm³/mol. The minimum atomic E-state index is 0.249. The highest BCUT2D eigenvalue weighted by Gasteiger charge is 2.23. The highest BCUT2D eigenvalue weighted by Crippen LogP contribution is 2.41. The first-order chi connectivity index (χ1) is 27.7. The number of allylic oxidation sites excluding steroid dienone is 2. The van der Waals surface area contributed by atoms with Crippen LogP contribution in [0.3, 0.4) is 0 Å². The first-order valence-corrected chi connectivity index (χ1v) is 19.3. The summed E-state index contributed by atoms with van der Waals surface area (Å²) in [5, 5.41) is 3.83. The lowest BCUT2D eigenvalue weighted by Crippen LogP contribution is -2.05. The Morgan fingerprint density at radius 3 is 1.95 bits per heavy atom. The molecule has 7 aromatic carbocycles. The molecule has 0 radical (unpaired) electrons. The van der Waals surface area contributed by atoms with Crippen LogP contribution in [0.15, 0.2) is 187 Å². The third kappa shape index (κ3) is 5.88. The second-order valence-electron chi connectivity index (χ2n) is 14.4. The number of aromatic nitrogens is 2. The number of rotatable bonds is 8. The Labute approximate surface area is 326 Å². The topological polar surface area (TPSA) is 48.2 Å². The van der Waals surface area contributed by atoms with E-state index in [1.54, 1.807) is 0 Å². The summed E-state index contributed by atoms with van der Waals surface area (Å²) < 4.78 is 4.86.